The van der Waals surface area contributed by atoms with Gasteiger partial charge in [0.25, 0.3) is 0 Å². The van der Waals surface area contributed by atoms with Crippen molar-refractivity contribution in [3.05, 3.63) is 29.6 Å². The summed E-state index contributed by atoms with van der Waals surface area (Å²) in [5.74, 6) is 0.759. The van der Waals surface area contributed by atoms with Crippen LogP contribution in [0.3, 0.4) is 0 Å². The van der Waals surface area contributed by atoms with Gasteiger partial charge >= 0.3 is 0 Å². The molecule has 1 aliphatic rings. The second-order valence-electron chi connectivity index (χ2n) is 6.65. The Kier molecular flexibility index (Phi) is 5.83. The molecule has 3 heterocycles. The van der Waals surface area contributed by atoms with Crippen molar-refractivity contribution >= 4 is 11.9 Å². The minimum Gasteiger partial charge on any atom is -0.391 e. The van der Waals surface area contributed by atoms with Crippen molar-refractivity contribution in [3.63, 3.8) is 0 Å². The first-order chi connectivity index (χ1) is 12.1. The van der Waals surface area contributed by atoms with E-state index in [-0.39, 0.29) is 5.95 Å². The molecule has 0 radical (unpaired) electrons. The van der Waals surface area contributed by atoms with E-state index in [1.807, 2.05) is 6.20 Å². The third-order valence-corrected chi connectivity index (χ3v) is 4.46. The van der Waals surface area contributed by atoms with Gasteiger partial charge in [-0.3, -0.25) is 9.88 Å². The molecule has 4 N–H and O–H groups in total. The molecule has 2 aromatic heterocycles. The molecule has 8 heteroatoms. The second kappa shape index (κ2) is 8.26. The quantitative estimate of drug-likeness (QED) is 0.681. The Bertz CT molecular complexity index is 681. The van der Waals surface area contributed by atoms with Gasteiger partial charge in [0.2, 0.25) is 11.9 Å². The van der Waals surface area contributed by atoms with Crippen molar-refractivity contribution < 1.29 is 5.11 Å². The number of aryl methyl sites for hydroxylation is 1. The van der Waals surface area contributed by atoms with E-state index in [0.717, 1.165) is 12.2 Å². The van der Waals surface area contributed by atoms with Crippen molar-refractivity contribution in [2.45, 2.75) is 38.3 Å². The number of hydrogen-bond acceptors (Lipinski definition) is 7. The number of aliphatic hydroxyl groups is 1. The van der Waals surface area contributed by atoms with E-state index < -0.39 is 6.10 Å². The minimum atomic E-state index is -0.560. The third kappa shape index (κ3) is 5.14. The molecule has 25 heavy (non-hydrogen) atoms. The molecule has 136 valence electrons. The highest BCUT2D eigenvalue weighted by Gasteiger charge is 2.13. The third-order valence-electron chi connectivity index (χ3n) is 4.46. The number of nitrogens with two attached hydrogens (primary N) is 1. The Hall–Kier alpha value is -2.19. The van der Waals surface area contributed by atoms with E-state index in [9.17, 15) is 5.11 Å². The number of nitrogen functional groups attached to an aromatic ring is 1. The molecule has 0 spiro atoms. The van der Waals surface area contributed by atoms with Crippen molar-refractivity contribution in [1.29, 1.82) is 0 Å². The summed E-state index contributed by atoms with van der Waals surface area (Å²) in [7, 11) is 1.75. The highest BCUT2D eigenvalue weighted by atomic mass is 16.3. The standard InChI is InChI=1S/C17H27N7O/c1-23-17(21-16(18)22-23)20-11-15(25)10-14-9-13(5-6-19-14)12-24-7-3-2-4-8-24/h5-6,9,15,25H,2-4,7-8,10-12H2,1H3,(H3,18,20,21,22). The number of rotatable bonds is 7. The molecule has 0 aromatic carbocycles. The van der Waals surface area contributed by atoms with Crippen LogP contribution < -0.4 is 11.1 Å². The highest BCUT2D eigenvalue weighted by molar-refractivity contribution is 5.31. The van der Waals surface area contributed by atoms with Crippen molar-refractivity contribution in [2.75, 3.05) is 30.7 Å². The Balaban J connectivity index is 1.51. The largest absolute Gasteiger partial charge is 0.391 e. The summed E-state index contributed by atoms with van der Waals surface area (Å²) in [6.45, 7) is 3.67. The van der Waals surface area contributed by atoms with Gasteiger partial charge in [0, 0.05) is 38.4 Å². The lowest BCUT2D eigenvalue weighted by molar-refractivity contribution is 0.186. The Morgan fingerprint density at radius 3 is 2.84 bits per heavy atom. The fourth-order valence-electron chi connectivity index (χ4n) is 3.19. The molecular formula is C17H27N7O. The number of anilines is 2. The Labute approximate surface area is 148 Å². The minimum absolute atomic E-state index is 0.214. The topological polar surface area (TPSA) is 105 Å². The molecule has 2 aromatic rings. The van der Waals surface area contributed by atoms with Gasteiger partial charge in [0.15, 0.2) is 0 Å². The summed E-state index contributed by atoms with van der Waals surface area (Å²) in [5.41, 5.74) is 7.70. The van der Waals surface area contributed by atoms with Gasteiger partial charge in [-0.25, -0.2) is 4.68 Å². The molecule has 1 atom stereocenters. The van der Waals surface area contributed by atoms with E-state index in [2.05, 4.69) is 37.4 Å². The zero-order valence-corrected chi connectivity index (χ0v) is 14.7. The monoisotopic (exact) mass is 345 g/mol. The van der Waals surface area contributed by atoms with E-state index >= 15 is 0 Å². The van der Waals surface area contributed by atoms with Crippen LogP contribution in [0.25, 0.3) is 0 Å². The van der Waals surface area contributed by atoms with E-state index in [4.69, 9.17) is 5.73 Å². The van der Waals surface area contributed by atoms with Crippen molar-refractivity contribution in [2.24, 2.45) is 7.05 Å². The number of aliphatic hydroxyl groups excluding tert-OH is 1. The van der Waals surface area contributed by atoms with Crippen LogP contribution in [0.1, 0.15) is 30.5 Å². The van der Waals surface area contributed by atoms with Crippen LogP contribution in [0.2, 0.25) is 0 Å². The average Bonchev–Trinajstić information content (AvgIpc) is 2.92. The molecule has 0 amide bonds. The summed E-state index contributed by atoms with van der Waals surface area (Å²) >= 11 is 0. The number of aromatic nitrogens is 4. The van der Waals surface area contributed by atoms with Gasteiger partial charge in [-0.1, -0.05) is 6.42 Å². The highest BCUT2D eigenvalue weighted by Crippen LogP contribution is 2.14. The van der Waals surface area contributed by atoms with Crippen LogP contribution in [-0.2, 0) is 20.0 Å². The van der Waals surface area contributed by atoms with Gasteiger partial charge in [-0.05, 0) is 43.6 Å². The molecule has 1 aliphatic heterocycles. The summed E-state index contributed by atoms with van der Waals surface area (Å²) in [5, 5.41) is 17.3. The molecule has 1 unspecified atom stereocenters. The lowest BCUT2D eigenvalue weighted by atomic mass is 10.1. The van der Waals surface area contributed by atoms with Crippen LogP contribution >= 0.6 is 0 Å². The molecule has 1 fully saturated rings. The van der Waals surface area contributed by atoms with Crippen LogP contribution in [0.5, 0.6) is 0 Å². The fraction of sp³-hybridized carbons (Fsp3) is 0.588. The van der Waals surface area contributed by atoms with Gasteiger partial charge < -0.3 is 16.2 Å². The number of likely N-dealkylation sites (tertiary alicyclic amines) is 1. The summed E-state index contributed by atoms with van der Waals surface area (Å²) in [6, 6.07) is 4.16. The van der Waals surface area contributed by atoms with Gasteiger partial charge in [-0.2, -0.15) is 4.98 Å². The summed E-state index contributed by atoms with van der Waals surface area (Å²) < 4.78 is 1.56. The van der Waals surface area contributed by atoms with E-state index in [1.165, 1.54) is 37.9 Å². The molecule has 8 nitrogen and oxygen atoms in total. The molecular weight excluding hydrogens is 318 g/mol. The van der Waals surface area contributed by atoms with Crippen LogP contribution in [-0.4, -0.2) is 55.5 Å². The maximum atomic E-state index is 10.3. The molecule has 3 rings (SSSR count). The number of pyridine rings is 1. The Morgan fingerprint density at radius 1 is 1.32 bits per heavy atom. The first kappa shape index (κ1) is 17.6. The molecule has 0 bridgehead atoms. The number of nitrogens with one attached hydrogen (secondary N) is 1. The molecule has 0 saturated carbocycles. The molecule has 1 saturated heterocycles. The SMILES string of the molecule is Cn1nc(N)nc1NCC(O)Cc1cc(CN2CCCCC2)ccn1. The predicted octanol–water partition coefficient (Wildman–Crippen LogP) is 0.794. The lowest BCUT2D eigenvalue weighted by Crippen LogP contribution is -2.29. The Morgan fingerprint density at radius 2 is 2.12 bits per heavy atom. The van der Waals surface area contributed by atoms with Crippen molar-refractivity contribution in [1.82, 2.24) is 24.6 Å². The van der Waals surface area contributed by atoms with Crippen LogP contribution in [0.4, 0.5) is 11.9 Å². The van der Waals surface area contributed by atoms with E-state index in [1.54, 1.807) is 11.7 Å². The van der Waals surface area contributed by atoms with Crippen molar-refractivity contribution in [3.8, 4) is 0 Å². The zero-order valence-electron chi connectivity index (χ0n) is 14.7. The maximum absolute atomic E-state index is 10.3. The number of nitrogens with zero attached hydrogens (tertiary/aromatic N) is 5. The normalized spacial score (nSPS) is 16.7. The summed E-state index contributed by atoms with van der Waals surface area (Å²) in [6.07, 6.45) is 5.68. The maximum Gasteiger partial charge on any atom is 0.241 e. The zero-order chi connectivity index (χ0) is 17.6. The lowest BCUT2D eigenvalue weighted by Gasteiger charge is -2.26. The first-order valence-electron chi connectivity index (χ1n) is 8.85. The average molecular weight is 345 g/mol. The van der Waals surface area contributed by atoms with Crippen LogP contribution in [0.15, 0.2) is 18.3 Å². The number of piperidine rings is 1. The van der Waals surface area contributed by atoms with Gasteiger partial charge in [0.05, 0.1) is 6.10 Å². The molecule has 0 aliphatic carbocycles. The fourth-order valence-corrected chi connectivity index (χ4v) is 3.19. The summed E-state index contributed by atoms with van der Waals surface area (Å²) in [4.78, 5) is 10.9. The van der Waals surface area contributed by atoms with Crippen LogP contribution in [0, 0.1) is 0 Å². The van der Waals surface area contributed by atoms with Gasteiger partial charge in [0.1, 0.15) is 0 Å². The second-order valence-corrected chi connectivity index (χ2v) is 6.65. The van der Waals surface area contributed by atoms with E-state index in [0.29, 0.717) is 18.9 Å². The first-order valence-corrected chi connectivity index (χ1v) is 8.85. The smallest absolute Gasteiger partial charge is 0.241 e. The number of hydrogen-bond donors (Lipinski definition) is 3. The predicted molar refractivity (Wildman–Crippen MR) is 97.0 cm³/mol. The van der Waals surface area contributed by atoms with Gasteiger partial charge in [-0.15, -0.1) is 5.10 Å².